The fraction of sp³-hybridized carbons (Fsp3) is 0. The maximum Gasteiger partial charge on any atom is 0.194 e. The summed E-state index contributed by atoms with van der Waals surface area (Å²) in [7, 11) is 0. The highest BCUT2D eigenvalue weighted by Gasteiger charge is 2.32. The van der Waals surface area contributed by atoms with E-state index in [1.54, 1.807) is 0 Å². The Labute approximate surface area is 422 Å². The summed E-state index contributed by atoms with van der Waals surface area (Å²) in [6, 6.07) is 102. The highest BCUT2D eigenvalue weighted by molar-refractivity contribution is 6.46. The van der Waals surface area contributed by atoms with Gasteiger partial charge in [-0.25, -0.2) is 0 Å². The molecule has 10 aromatic rings. The number of ketones is 2. The van der Waals surface area contributed by atoms with Gasteiger partial charge < -0.3 is 0 Å². The van der Waals surface area contributed by atoms with E-state index in [1.807, 2.05) is 182 Å². The van der Waals surface area contributed by atoms with Gasteiger partial charge in [0.05, 0.1) is 0 Å². The maximum atomic E-state index is 15.9. The molecule has 0 aromatic heterocycles. The predicted octanol–water partition coefficient (Wildman–Crippen LogP) is 17.2. The first kappa shape index (κ1) is 46.2. The minimum Gasteiger partial charge on any atom is -0.289 e. The molecule has 0 saturated carbocycles. The van der Waals surface area contributed by atoms with Crippen LogP contribution in [0.3, 0.4) is 0 Å². The lowest BCUT2D eigenvalue weighted by molar-refractivity contribution is 0.104. The van der Waals surface area contributed by atoms with Crippen LogP contribution in [0.1, 0.15) is 65.2 Å². The number of carbonyl (C=O) groups excluding carboxylic acids is 2. The van der Waals surface area contributed by atoms with Gasteiger partial charge in [-0.1, -0.05) is 303 Å². The molecule has 0 aliphatic heterocycles. The van der Waals surface area contributed by atoms with Gasteiger partial charge in [-0.2, -0.15) is 0 Å². The lowest BCUT2D eigenvalue weighted by Gasteiger charge is -2.29. The van der Waals surface area contributed by atoms with Crippen molar-refractivity contribution in [3.8, 4) is 0 Å². The van der Waals surface area contributed by atoms with Crippen molar-refractivity contribution in [2.24, 2.45) is 0 Å². The summed E-state index contributed by atoms with van der Waals surface area (Å²) in [4.78, 5) is 31.7. The SMILES string of the molecule is O=C(\C(=C(/C(=C(/C(=C(/C(=C(/C(=O)c1ccccc1)c1ccccc1)c1ccccc1)c1ccccc1)c1ccccc1)c1ccccc1)c1ccccc1)c1ccccc1)c1ccccc1)c1ccccc1. The first-order valence-corrected chi connectivity index (χ1v) is 24.3. The highest BCUT2D eigenvalue weighted by atomic mass is 16.1. The van der Waals surface area contributed by atoms with Crippen LogP contribution in [-0.2, 0) is 0 Å². The monoisotopic (exact) mass is 922 g/mol. The van der Waals surface area contributed by atoms with Crippen LogP contribution >= 0.6 is 0 Å². The average molecular weight is 923 g/mol. The molecule has 342 valence electrons. The summed E-state index contributed by atoms with van der Waals surface area (Å²) in [5, 5.41) is 0. The zero-order valence-electron chi connectivity index (χ0n) is 39.7. The quantitative estimate of drug-likeness (QED) is 0.0444. The van der Waals surface area contributed by atoms with E-state index in [0.29, 0.717) is 22.3 Å². The van der Waals surface area contributed by atoms with Crippen molar-refractivity contribution < 1.29 is 9.59 Å². The normalized spacial score (nSPS) is 12.6. The highest BCUT2D eigenvalue weighted by Crippen LogP contribution is 2.52. The molecule has 0 fully saturated rings. The lowest BCUT2D eigenvalue weighted by Crippen LogP contribution is -2.11. The van der Waals surface area contributed by atoms with E-state index in [4.69, 9.17) is 0 Å². The van der Waals surface area contributed by atoms with Gasteiger partial charge in [0.2, 0.25) is 0 Å². The molecule has 72 heavy (non-hydrogen) atoms. The van der Waals surface area contributed by atoms with Crippen LogP contribution in [0.4, 0.5) is 0 Å². The maximum absolute atomic E-state index is 15.9. The van der Waals surface area contributed by atoms with Gasteiger partial charge in [-0.15, -0.1) is 0 Å². The van der Waals surface area contributed by atoms with E-state index in [9.17, 15) is 0 Å². The second-order valence-corrected chi connectivity index (χ2v) is 17.3. The Balaban J connectivity index is 1.54. The van der Waals surface area contributed by atoms with E-state index in [0.717, 1.165) is 77.9 Å². The largest absolute Gasteiger partial charge is 0.289 e. The second kappa shape index (κ2) is 22.3. The molecule has 0 bridgehead atoms. The smallest absolute Gasteiger partial charge is 0.194 e. The molecule has 0 saturated heterocycles. The molecule has 0 aliphatic carbocycles. The van der Waals surface area contributed by atoms with Gasteiger partial charge in [-0.05, 0) is 66.8 Å². The third-order valence-corrected chi connectivity index (χ3v) is 12.8. The van der Waals surface area contributed by atoms with Gasteiger partial charge in [0.1, 0.15) is 0 Å². The number of carbonyl (C=O) groups is 2. The number of hydrogen-bond donors (Lipinski definition) is 0. The minimum absolute atomic E-state index is 0.111. The molecule has 0 heterocycles. The van der Waals surface area contributed by atoms with Crippen LogP contribution < -0.4 is 0 Å². The van der Waals surface area contributed by atoms with Crippen LogP contribution in [0.2, 0.25) is 0 Å². The van der Waals surface area contributed by atoms with Crippen LogP contribution in [0.15, 0.2) is 303 Å². The molecule has 0 radical (unpaired) electrons. The van der Waals surface area contributed by atoms with Gasteiger partial charge in [-0.3, -0.25) is 9.59 Å². The van der Waals surface area contributed by atoms with Crippen molar-refractivity contribution in [2.75, 3.05) is 0 Å². The third-order valence-electron chi connectivity index (χ3n) is 12.8. The second-order valence-electron chi connectivity index (χ2n) is 17.3. The first-order valence-electron chi connectivity index (χ1n) is 24.3. The molecule has 2 heteroatoms. The molecule has 0 amide bonds. The molecule has 10 aromatic carbocycles. The Morgan fingerprint density at radius 3 is 0.403 bits per heavy atom. The molecule has 0 aliphatic rings. The van der Waals surface area contributed by atoms with E-state index in [2.05, 4.69) is 121 Å². The first-order chi connectivity index (χ1) is 35.7. The Hall–Kier alpha value is -9.50. The summed E-state index contributed by atoms with van der Waals surface area (Å²) >= 11 is 0. The van der Waals surface area contributed by atoms with Crippen LogP contribution in [0, 0.1) is 0 Å². The Morgan fingerprint density at radius 1 is 0.139 bits per heavy atom. The Kier molecular flexibility index (Phi) is 14.3. The number of allylic oxidation sites excluding steroid dienone is 8. The van der Waals surface area contributed by atoms with Crippen molar-refractivity contribution in [3.63, 3.8) is 0 Å². The van der Waals surface area contributed by atoms with Crippen molar-refractivity contribution >= 4 is 56.2 Å². The minimum atomic E-state index is -0.111. The van der Waals surface area contributed by atoms with Crippen LogP contribution in [0.5, 0.6) is 0 Å². The van der Waals surface area contributed by atoms with E-state index in [1.165, 1.54) is 0 Å². The summed E-state index contributed by atoms with van der Waals surface area (Å²) in [5.41, 5.74) is 14.1. The fourth-order valence-electron chi connectivity index (χ4n) is 9.57. The third kappa shape index (κ3) is 9.98. The van der Waals surface area contributed by atoms with Crippen LogP contribution in [-0.4, -0.2) is 11.6 Å². The molecular weight excluding hydrogens is 873 g/mol. The summed E-state index contributed by atoms with van der Waals surface area (Å²) < 4.78 is 0. The summed E-state index contributed by atoms with van der Waals surface area (Å²) in [5.74, 6) is -0.223. The van der Waals surface area contributed by atoms with Gasteiger partial charge in [0.15, 0.2) is 11.6 Å². The molecule has 0 unspecified atom stereocenters. The molecule has 0 atom stereocenters. The zero-order chi connectivity index (χ0) is 48.9. The zero-order valence-corrected chi connectivity index (χ0v) is 39.7. The lowest BCUT2D eigenvalue weighted by atomic mass is 9.73. The van der Waals surface area contributed by atoms with E-state index >= 15 is 9.59 Å². The molecule has 0 N–H and O–H groups in total. The predicted molar refractivity (Wildman–Crippen MR) is 300 cm³/mol. The number of benzene rings is 10. The number of rotatable bonds is 15. The van der Waals surface area contributed by atoms with Gasteiger partial charge in [0, 0.05) is 33.4 Å². The van der Waals surface area contributed by atoms with E-state index < -0.39 is 0 Å². The standard InChI is InChI=1S/C70H50O2/c71-69(59-47-27-9-28-48-59)67(57-43-23-7-24-44-57)65(55-39-19-5-20-40-55)63(53-35-15-3-16-36-53)61(51-31-11-1-12-32-51)62(52-33-13-2-14-34-52)64(54-37-17-4-18-38-54)66(56-41-21-6-22-42-56)68(58-45-25-8-26-46-58)70(72)60-49-29-10-30-50-60/h1-50H/b63-61+,64-62+,67-65-,68-66+. The molecule has 0 spiro atoms. The fourth-order valence-corrected chi connectivity index (χ4v) is 9.57. The summed E-state index contributed by atoms with van der Waals surface area (Å²) in [6.07, 6.45) is 0. The topological polar surface area (TPSA) is 34.1 Å². The molecule has 2 nitrogen and oxygen atoms in total. The Morgan fingerprint density at radius 2 is 0.250 bits per heavy atom. The van der Waals surface area contributed by atoms with Crippen molar-refractivity contribution in [2.45, 2.75) is 0 Å². The molecular formula is C70H50O2. The number of hydrogen-bond acceptors (Lipinski definition) is 2. The van der Waals surface area contributed by atoms with Crippen molar-refractivity contribution in [3.05, 3.63) is 359 Å². The Bertz CT molecular complexity index is 3300. The van der Waals surface area contributed by atoms with Crippen molar-refractivity contribution in [1.29, 1.82) is 0 Å². The number of Topliss-reactive ketones (excluding diaryl/α,β-unsaturated/α-hetero) is 2. The van der Waals surface area contributed by atoms with Crippen molar-refractivity contribution in [1.82, 2.24) is 0 Å². The molecule has 10 rings (SSSR count). The van der Waals surface area contributed by atoms with Gasteiger partial charge in [0.25, 0.3) is 0 Å². The van der Waals surface area contributed by atoms with Gasteiger partial charge >= 0.3 is 0 Å². The summed E-state index contributed by atoms with van der Waals surface area (Å²) in [6.45, 7) is 0. The van der Waals surface area contributed by atoms with Crippen LogP contribution in [0.25, 0.3) is 44.6 Å². The van der Waals surface area contributed by atoms with E-state index in [-0.39, 0.29) is 11.6 Å². The average Bonchev–Trinajstić information content (AvgIpc) is 3.47.